The Morgan fingerprint density at radius 1 is 1.36 bits per heavy atom. The van der Waals surface area contributed by atoms with Crippen molar-refractivity contribution in [3.8, 4) is 0 Å². The molecule has 2 heteroatoms. The zero-order valence-electron chi connectivity index (χ0n) is 6.94. The minimum atomic E-state index is 0.166. The highest BCUT2D eigenvalue weighted by atomic mass is 16.5. The average molecular weight is 152 g/mol. The first kappa shape index (κ1) is 6.89. The monoisotopic (exact) mass is 152 g/mol. The van der Waals surface area contributed by atoms with E-state index in [1.807, 2.05) is 0 Å². The molecule has 0 aromatic heterocycles. The van der Waals surface area contributed by atoms with Crippen LogP contribution in [-0.2, 0) is 9.53 Å². The van der Waals surface area contributed by atoms with Crippen LogP contribution in [0.2, 0.25) is 0 Å². The van der Waals surface area contributed by atoms with Crippen molar-refractivity contribution in [2.75, 3.05) is 6.61 Å². The maximum absolute atomic E-state index is 11.3. The van der Waals surface area contributed by atoms with Crippen molar-refractivity contribution in [2.45, 2.75) is 26.7 Å². The Morgan fingerprint density at radius 3 is 2.55 bits per heavy atom. The molecule has 2 aliphatic rings. The molecule has 0 unspecified atom stereocenters. The topological polar surface area (TPSA) is 26.3 Å². The van der Waals surface area contributed by atoms with Crippen molar-refractivity contribution in [1.29, 1.82) is 0 Å². The van der Waals surface area contributed by atoms with E-state index in [0.717, 1.165) is 6.42 Å². The maximum atomic E-state index is 11.3. The van der Waals surface area contributed by atoms with Crippen molar-refractivity contribution in [3.05, 3.63) is 11.3 Å². The molecule has 0 N–H and O–H groups in total. The molecule has 0 bridgehead atoms. The molecule has 1 aliphatic heterocycles. The van der Waals surface area contributed by atoms with Crippen LogP contribution in [0, 0.1) is 5.41 Å². The number of allylic oxidation sites excluding steroid dienone is 1. The van der Waals surface area contributed by atoms with Gasteiger partial charge in [-0.1, -0.05) is 13.8 Å². The highest BCUT2D eigenvalue weighted by Gasteiger charge is 2.38. The summed E-state index contributed by atoms with van der Waals surface area (Å²) in [6.07, 6.45) is 1.68. The molecule has 1 heterocycles. The second-order valence-electron chi connectivity index (χ2n) is 4.16. The van der Waals surface area contributed by atoms with Crippen LogP contribution in [0.1, 0.15) is 26.7 Å². The molecule has 2 nitrogen and oxygen atoms in total. The molecule has 0 saturated carbocycles. The van der Waals surface area contributed by atoms with Gasteiger partial charge in [0, 0.05) is 12.0 Å². The smallest absolute Gasteiger partial charge is 0.198 e. The Bertz CT molecular complexity index is 248. The van der Waals surface area contributed by atoms with E-state index in [1.54, 1.807) is 0 Å². The third-order valence-electron chi connectivity index (χ3n) is 2.30. The minimum absolute atomic E-state index is 0.166. The lowest BCUT2D eigenvalue weighted by Crippen LogP contribution is -2.33. The summed E-state index contributed by atoms with van der Waals surface area (Å²) in [6.45, 7) is 4.95. The lowest BCUT2D eigenvalue weighted by molar-refractivity contribution is -0.123. The molecule has 1 aliphatic carbocycles. The van der Waals surface area contributed by atoms with E-state index in [2.05, 4.69) is 13.8 Å². The summed E-state index contributed by atoms with van der Waals surface area (Å²) in [7, 11) is 0. The molecule has 2 rings (SSSR count). The summed E-state index contributed by atoms with van der Waals surface area (Å²) in [5.74, 6) is 0.867. The predicted octanol–water partition coefficient (Wildman–Crippen LogP) is 1.66. The van der Waals surface area contributed by atoms with Gasteiger partial charge in [0.1, 0.15) is 6.61 Å². The lowest BCUT2D eigenvalue weighted by atomic mass is 9.75. The molecule has 0 saturated heterocycles. The minimum Gasteiger partial charge on any atom is -0.485 e. The molecule has 0 fully saturated rings. The predicted molar refractivity (Wildman–Crippen MR) is 41.0 cm³/mol. The molecule has 0 spiro atoms. The summed E-state index contributed by atoms with van der Waals surface area (Å²) < 4.78 is 5.07. The van der Waals surface area contributed by atoms with Gasteiger partial charge in [0.15, 0.2) is 11.5 Å². The van der Waals surface area contributed by atoms with Crippen LogP contribution >= 0.6 is 0 Å². The summed E-state index contributed by atoms with van der Waals surface area (Å²) in [4.78, 5) is 11.3. The Kier molecular flexibility index (Phi) is 1.17. The first-order chi connectivity index (χ1) is 5.08. The van der Waals surface area contributed by atoms with Crippen LogP contribution in [0.3, 0.4) is 0 Å². The fourth-order valence-electron chi connectivity index (χ4n) is 1.81. The van der Waals surface area contributed by atoms with Gasteiger partial charge in [-0.3, -0.25) is 4.79 Å². The van der Waals surface area contributed by atoms with E-state index in [9.17, 15) is 4.79 Å². The van der Waals surface area contributed by atoms with Crippen LogP contribution in [0.15, 0.2) is 11.3 Å². The first-order valence-electron chi connectivity index (χ1n) is 3.96. The standard InChI is InChI=1S/C9H12O2/c1-9(2)3-6-5-11-8(6)7(10)4-9/h3-5H2,1-2H3. The summed E-state index contributed by atoms with van der Waals surface area (Å²) >= 11 is 0. The van der Waals surface area contributed by atoms with E-state index in [1.165, 1.54) is 5.57 Å². The first-order valence-corrected chi connectivity index (χ1v) is 3.96. The van der Waals surface area contributed by atoms with E-state index in [-0.39, 0.29) is 11.2 Å². The van der Waals surface area contributed by atoms with Crippen molar-refractivity contribution in [1.82, 2.24) is 0 Å². The van der Waals surface area contributed by atoms with E-state index in [0.29, 0.717) is 18.8 Å². The average Bonchev–Trinajstić information content (AvgIpc) is 1.76. The van der Waals surface area contributed by atoms with Gasteiger partial charge < -0.3 is 4.74 Å². The molecular formula is C9H12O2. The largest absolute Gasteiger partial charge is 0.485 e. The highest BCUT2D eigenvalue weighted by Crippen LogP contribution is 2.41. The molecule has 0 aromatic carbocycles. The fourth-order valence-corrected chi connectivity index (χ4v) is 1.81. The number of hydrogen-bond donors (Lipinski definition) is 0. The van der Waals surface area contributed by atoms with Crippen molar-refractivity contribution in [2.24, 2.45) is 5.41 Å². The number of carbonyl (C=O) groups excluding carboxylic acids is 1. The van der Waals surface area contributed by atoms with Gasteiger partial charge in [-0.25, -0.2) is 0 Å². The number of ether oxygens (including phenoxy) is 1. The van der Waals surface area contributed by atoms with E-state index in [4.69, 9.17) is 4.74 Å². The van der Waals surface area contributed by atoms with Crippen LogP contribution in [0.5, 0.6) is 0 Å². The van der Waals surface area contributed by atoms with Crippen molar-refractivity contribution >= 4 is 5.78 Å². The van der Waals surface area contributed by atoms with Gasteiger partial charge in [-0.2, -0.15) is 0 Å². The van der Waals surface area contributed by atoms with Crippen LogP contribution in [0.25, 0.3) is 0 Å². The van der Waals surface area contributed by atoms with E-state index >= 15 is 0 Å². The second kappa shape index (κ2) is 1.87. The number of Topliss-reactive ketones (excluding diaryl/α,β-unsaturated/α-hetero) is 1. The third kappa shape index (κ3) is 0.971. The Hall–Kier alpha value is -0.790. The van der Waals surface area contributed by atoms with Gasteiger partial charge in [-0.15, -0.1) is 0 Å². The van der Waals surface area contributed by atoms with E-state index < -0.39 is 0 Å². The number of ketones is 1. The van der Waals surface area contributed by atoms with Crippen LogP contribution in [0.4, 0.5) is 0 Å². The Balaban J connectivity index is 2.31. The molecule has 0 aromatic rings. The Labute approximate surface area is 66.2 Å². The molecular weight excluding hydrogens is 140 g/mol. The van der Waals surface area contributed by atoms with Gasteiger partial charge in [0.05, 0.1) is 0 Å². The quantitative estimate of drug-likeness (QED) is 0.527. The van der Waals surface area contributed by atoms with Gasteiger partial charge in [0.25, 0.3) is 0 Å². The SMILES string of the molecule is CC1(C)CC(=O)C2=C(CO2)C1. The highest BCUT2D eigenvalue weighted by molar-refractivity contribution is 5.96. The van der Waals surface area contributed by atoms with Gasteiger partial charge in [0.2, 0.25) is 0 Å². The fraction of sp³-hybridized carbons (Fsp3) is 0.667. The second-order valence-corrected chi connectivity index (χ2v) is 4.16. The summed E-state index contributed by atoms with van der Waals surface area (Å²) in [5, 5.41) is 0. The van der Waals surface area contributed by atoms with Gasteiger partial charge in [-0.05, 0) is 11.8 Å². The van der Waals surface area contributed by atoms with Gasteiger partial charge >= 0.3 is 0 Å². The molecule has 0 radical (unpaired) electrons. The number of rotatable bonds is 0. The van der Waals surface area contributed by atoms with Crippen LogP contribution < -0.4 is 0 Å². The summed E-state index contributed by atoms with van der Waals surface area (Å²) in [5.41, 5.74) is 1.39. The number of carbonyl (C=O) groups is 1. The Morgan fingerprint density at radius 2 is 2.09 bits per heavy atom. The molecule has 11 heavy (non-hydrogen) atoms. The molecule has 60 valence electrons. The number of hydrogen-bond acceptors (Lipinski definition) is 2. The van der Waals surface area contributed by atoms with Crippen molar-refractivity contribution in [3.63, 3.8) is 0 Å². The maximum Gasteiger partial charge on any atom is 0.198 e. The zero-order chi connectivity index (χ0) is 8.06. The summed E-state index contributed by atoms with van der Waals surface area (Å²) in [6, 6.07) is 0. The lowest BCUT2D eigenvalue weighted by Gasteiger charge is -2.36. The normalized spacial score (nSPS) is 27.3. The van der Waals surface area contributed by atoms with Crippen LogP contribution in [-0.4, -0.2) is 12.4 Å². The zero-order valence-corrected chi connectivity index (χ0v) is 6.94. The molecule has 0 atom stereocenters. The van der Waals surface area contributed by atoms with Crippen molar-refractivity contribution < 1.29 is 9.53 Å². The molecule has 0 amide bonds. The third-order valence-corrected chi connectivity index (χ3v) is 2.30.